The number of carbonyl (C=O) groups is 2. The van der Waals surface area contributed by atoms with Crippen molar-refractivity contribution in [1.82, 2.24) is 0 Å². The third-order valence-corrected chi connectivity index (χ3v) is 9.89. The summed E-state index contributed by atoms with van der Waals surface area (Å²) in [6.45, 7) is 9.44. The zero-order valence-electron chi connectivity index (χ0n) is 33.1. The molecule has 6 nitrogen and oxygen atoms in total. The Bertz CT molecular complexity index is 777. The lowest BCUT2D eigenvalue weighted by Gasteiger charge is -2.41. The molecular weight excluding hydrogens is 610 g/mol. The van der Waals surface area contributed by atoms with Gasteiger partial charge in [-0.25, -0.2) is 0 Å². The second-order valence-electron chi connectivity index (χ2n) is 14.7. The number of allylic oxidation sites excluding steroid dienone is 4. The Balaban J connectivity index is 4.32. The molecule has 0 aromatic carbocycles. The first-order chi connectivity index (χ1) is 23.6. The van der Waals surface area contributed by atoms with Crippen LogP contribution >= 0.6 is 0 Å². The Labute approximate surface area is 303 Å². The first-order valence-corrected chi connectivity index (χ1v) is 20.9. The maximum absolute atomic E-state index is 12.9. The fourth-order valence-electron chi connectivity index (χ4n) is 6.26. The van der Waals surface area contributed by atoms with Gasteiger partial charge >= 0.3 is 11.9 Å². The highest BCUT2D eigenvalue weighted by molar-refractivity contribution is 5.72. The highest BCUT2D eigenvalue weighted by atomic mass is 16.7. The Morgan fingerprint density at radius 3 is 1.12 bits per heavy atom. The summed E-state index contributed by atoms with van der Waals surface area (Å²) in [6.07, 6.45) is 40.9. The molecule has 0 bridgehead atoms. The van der Waals surface area contributed by atoms with E-state index in [9.17, 15) is 14.7 Å². The van der Waals surface area contributed by atoms with Crippen LogP contribution in [0.1, 0.15) is 221 Å². The topological polar surface area (TPSA) is 98.9 Å². The van der Waals surface area contributed by atoms with Gasteiger partial charge in [0, 0.05) is 19.3 Å². The average Bonchev–Trinajstić information content (AvgIpc) is 3.07. The van der Waals surface area contributed by atoms with Crippen LogP contribution in [-0.2, 0) is 19.1 Å². The van der Waals surface area contributed by atoms with Crippen LogP contribution in [0.25, 0.3) is 0 Å². The number of hydrogen-bond acceptors (Lipinski definition) is 6. The van der Waals surface area contributed by atoms with Crippen molar-refractivity contribution in [3.8, 4) is 0 Å². The van der Waals surface area contributed by atoms with Crippen molar-refractivity contribution < 1.29 is 24.2 Å². The van der Waals surface area contributed by atoms with E-state index in [1.54, 1.807) is 13.8 Å². The minimum Gasteiger partial charge on any atom is -0.422 e. The van der Waals surface area contributed by atoms with Crippen LogP contribution in [0.5, 0.6) is 0 Å². The molecule has 0 saturated heterocycles. The van der Waals surface area contributed by atoms with Crippen LogP contribution in [0.4, 0.5) is 0 Å². The van der Waals surface area contributed by atoms with Crippen molar-refractivity contribution in [2.75, 3.05) is 0 Å². The molecular formula is C43H81NO5. The quantitative estimate of drug-likeness (QED) is 0.0297. The number of hydrogen-bond donors (Lipinski definition) is 2. The van der Waals surface area contributed by atoms with Gasteiger partial charge in [0.15, 0.2) is 0 Å². The van der Waals surface area contributed by atoms with E-state index in [0.29, 0.717) is 0 Å². The third kappa shape index (κ3) is 27.7. The number of nitrogens with two attached hydrogens (primary N) is 1. The van der Waals surface area contributed by atoms with Crippen LogP contribution in [-0.4, -0.2) is 28.6 Å². The summed E-state index contributed by atoms with van der Waals surface area (Å²) < 4.78 is 11.7. The lowest BCUT2D eigenvalue weighted by Crippen LogP contribution is -2.57. The minimum absolute atomic E-state index is 0.220. The molecule has 0 heterocycles. The van der Waals surface area contributed by atoms with Crippen LogP contribution in [0.15, 0.2) is 24.3 Å². The van der Waals surface area contributed by atoms with E-state index in [2.05, 4.69) is 38.2 Å². The summed E-state index contributed by atoms with van der Waals surface area (Å²) in [4.78, 5) is 25.8. The predicted molar refractivity (Wildman–Crippen MR) is 208 cm³/mol. The largest absolute Gasteiger partial charge is 0.422 e. The van der Waals surface area contributed by atoms with E-state index in [4.69, 9.17) is 15.2 Å². The normalized spacial score (nSPS) is 15.0. The molecule has 49 heavy (non-hydrogen) atoms. The Hall–Kier alpha value is -1.66. The van der Waals surface area contributed by atoms with E-state index in [1.807, 2.05) is 0 Å². The SMILES string of the molecule is CCCCCCCCC=CCCCCCCCC(=O)OC(CC)(OC(=O)CCCCCCCC=CCCCCCCCC)C(C)C(C)(N)O. The van der Waals surface area contributed by atoms with Crippen molar-refractivity contribution in [2.24, 2.45) is 11.7 Å². The number of ether oxygens (including phenoxy) is 2. The van der Waals surface area contributed by atoms with Gasteiger partial charge in [0.1, 0.15) is 5.72 Å². The Kier molecular flexibility index (Phi) is 31.2. The number of carbonyl (C=O) groups excluding carboxylic acids is 2. The van der Waals surface area contributed by atoms with E-state index in [-0.39, 0.29) is 19.3 Å². The molecule has 0 rings (SSSR count). The fourth-order valence-corrected chi connectivity index (χ4v) is 6.26. The maximum atomic E-state index is 12.9. The summed E-state index contributed by atoms with van der Waals surface area (Å²) in [7, 11) is 0. The molecule has 6 heteroatoms. The predicted octanol–water partition coefficient (Wildman–Crippen LogP) is 12.6. The number of unbranched alkanes of at least 4 members (excludes halogenated alkanes) is 22. The zero-order valence-corrected chi connectivity index (χ0v) is 33.1. The molecule has 3 N–H and O–H groups in total. The van der Waals surface area contributed by atoms with Gasteiger partial charge in [0.2, 0.25) is 0 Å². The number of aliphatic hydroxyl groups is 1. The minimum atomic E-state index is -1.68. The molecule has 0 saturated carbocycles. The average molecular weight is 692 g/mol. The van der Waals surface area contributed by atoms with Gasteiger partial charge in [-0.1, -0.05) is 155 Å². The summed E-state index contributed by atoms with van der Waals surface area (Å²) in [5.41, 5.74) is 4.35. The van der Waals surface area contributed by atoms with Gasteiger partial charge in [-0.2, -0.15) is 0 Å². The molecule has 2 unspecified atom stereocenters. The Morgan fingerprint density at radius 1 is 0.551 bits per heavy atom. The fraction of sp³-hybridized carbons (Fsp3) is 0.860. The molecule has 0 aliphatic heterocycles. The van der Waals surface area contributed by atoms with Gasteiger partial charge in [-0.05, 0) is 71.1 Å². The van der Waals surface area contributed by atoms with Gasteiger partial charge in [0.25, 0.3) is 5.79 Å². The molecule has 0 spiro atoms. The second-order valence-corrected chi connectivity index (χ2v) is 14.7. The zero-order chi connectivity index (χ0) is 36.5. The summed E-state index contributed by atoms with van der Waals surface area (Å²) >= 11 is 0. The van der Waals surface area contributed by atoms with Gasteiger partial charge in [0.05, 0.1) is 5.92 Å². The van der Waals surface area contributed by atoms with Crippen LogP contribution < -0.4 is 5.73 Å². The van der Waals surface area contributed by atoms with Crippen molar-refractivity contribution >= 4 is 11.9 Å². The summed E-state index contributed by atoms with van der Waals surface area (Å²) in [5, 5.41) is 10.6. The molecule has 0 radical (unpaired) electrons. The van der Waals surface area contributed by atoms with Gasteiger partial charge in [-0.3, -0.25) is 9.59 Å². The summed E-state index contributed by atoms with van der Waals surface area (Å²) in [5.74, 6) is -3.20. The summed E-state index contributed by atoms with van der Waals surface area (Å²) in [6, 6.07) is 0. The highest BCUT2D eigenvalue weighted by Crippen LogP contribution is 2.34. The van der Waals surface area contributed by atoms with Gasteiger partial charge in [-0.15, -0.1) is 0 Å². The molecule has 0 aromatic heterocycles. The van der Waals surface area contributed by atoms with E-state index in [1.165, 1.54) is 110 Å². The molecule has 0 fully saturated rings. The Morgan fingerprint density at radius 2 is 0.837 bits per heavy atom. The molecule has 0 aliphatic rings. The number of esters is 2. The standard InChI is InChI=1S/C43H81NO5/c1-6-9-11-13-15-17-19-21-23-25-27-29-31-33-35-37-40(45)48-43(8-3,39(4)42(5,44)47)49-41(46)38-36-34-32-30-28-26-24-22-20-18-16-14-12-10-7-2/h21-24,39,47H,6-20,25-38,44H2,1-5H3. The second kappa shape index (κ2) is 32.3. The first kappa shape index (κ1) is 47.3. The molecule has 0 amide bonds. The van der Waals surface area contributed by atoms with Crippen molar-refractivity contribution in [2.45, 2.75) is 232 Å². The highest BCUT2D eigenvalue weighted by Gasteiger charge is 2.49. The van der Waals surface area contributed by atoms with E-state index < -0.39 is 29.4 Å². The molecule has 2 atom stereocenters. The van der Waals surface area contributed by atoms with E-state index in [0.717, 1.165) is 64.2 Å². The lowest BCUT2D eigenvalue weighted by molar-refractivity contribution is -0.267. The molecule has 0 aliphatic carbocycles. The number of rotatable bonds is 35. The molecule has 288 valence electrons. The monoisotopic (exact) mass is 692 g/mol. The van der Waals surface area contributed by atoms with Crippen molar-refractivity contribution in [3.63, 3.8) is 0 Å². The van der Waals surface area contributed by atoms with Crippen LogP contribution in [0.3, 0.4) is 0 Å². The smallest absolute Gasteiger partial charge is 0.309 e. The van der Waals surface area contributed by atoms with Crippen molar-refractivity contribution in [3.05, 3.63) is 24.3 Å². The van der Waals surface area contributed by atoms with Crippen LogP contribution in [0.2, 0.25) is 0 Å². The van der Waals surface area contributed by atoms with Crippen molar-refractivity contribution in [1.29, 1.82) is 0 Å². The maximum Gasteiger partial charge on any atom is 0.309 e. The third-order valence-electron chi connectivity index (χ3n) is 9.89. The first-order valence-electron chi connectivity index (χ1n) is 20.9. The lowest BCUT2D eigenvalue weighted by atomic mass is 9.88. The van der Waals surface area contributed by atoms with E-state index >= 15 is 0 Å². The molecule has 0 aromatic rings. The van der Waals surface area contributed by atoms with Gasteiger partial charge < -0.3 is 20.3 Å². The van der Waals surface area contributed by atoms with Crippen LogP contribution in [0, 0.1) is 5.92 Å².